The monoisotopic (exact) mass is 311 g/mol. The van der Waals surface area contributed by atoms with Gasteiger partial charge in [0.25, 0.3) is 0 Å². The van der Waals surface area contributed by atoms with E-state index in [0.29, 0.717) is 12.1 Å². The van der Waals surface area contributed by atoms with Gasteiger partial charge in [0.15, 0.2) is 17.5 Å². The molecule has 0 aromatic heterocycles. The number of rotatable bonds is 6. The van der Waals surface area contributed by atoms with Gasteiger partial charge >= 0.3 is 0 Å². The second-order valence-electron chi connectivity index (χ2n) is 4.67. The van der Waals surface area contributed by atoms with Crippen molar-refractivity contribution in [3.05, 3.63) is 29.6 Å². The van der Waals surface area contributed by atoms with Crippen LogP contribution >= 0.6 is 0 Å². The van der Waals surface area contributed by atoms with Crippen LogP contribution in [0.4, 0.5) is 13.2 Å². The quantitative estimate of drug-likeness (QED) is 0.787. The van der Waals surface area contributed by atoms with Crippen molar-refractivity contribution in [1.82, 2.24) is 4.72 Å². The molecule has 0 aliphatic carbocycles. The normalized spacial score (nSPS) is 13.8. The third-order valence-corrected chi connectivity index (χ3v) is 4.27. The summed E-state index contributed by atoms with van der Waals surface area (Å²) >= 11 is 0. The molecule has 0 aliphatic heterocycles. The van der Waals surface area contributed by atoms with Gasteiger partial charge in [0, 0.05) is 6.54 Å². The second-order valence-corrected chi connectivity index (χ2v) is 6.41. The molecule has 0 heterocycles. The van der Waals surface area contributed by atoms with Crippen LogP contribution < -0.4 is 4.72 Å². The lowest BCUT2D eigenvalue weighted by molar-refractivity contribution is 0.118. The van der Waals surface area contributed by atoms with Crippen LogP contribution in [0, 0.1) is 23.4 Å². The molecule has 1 atom stereocenters. The van der Waals surface area contributed by atoms with Gasteiger partial charge in [-0.2, -0.15) is 0 Å². The molecule has 8 heteroatoms. The summed E-state index contributed by atoms with van der Waals surface area (Å²) in [4.78, 5) is -0.963. The van der Waals surface area contributed by atoms with Crippen LogP contribution in [0.5, 0.6) is 0 Å². The average Bonchev–Trinajstić information content (AvgIpc) is 2.35. The van der Waals surface area contributed by atoms with Gasteiger partial charge in [-0.3, -0.25) is 0 Å². The Bertz CT molecular complexity index is 576. The van der Waals surface area contributed by atoms with Crippen LogP contribution in [0.2, 0.25) is 0 Å². The molecule has 20 heavy (non-hydrogen) atoms. The number of hydrogen-bond donors (Lipinski definition) is 2. The molecule has 1 aromatic carbocycles. The average molecular weight is 311 g/mol. The first-order chi connectivity index (χ1) is 9.16. The molecule has 1 rings (SSSR count). The Hall–Kier alpha value is -1.12. The zero-order chi connectivity index (χ0) is 15.5. The van der Waals surface area contributed by atoms with E-state index < -0.39 is 38.5 Å². The summed E-state index contributed by atoms with van der Waals surface area (Å²) in [5.74, 6) is -5.12. The van der Waals surface area contributed by atoms with Crippen molar-refractivity contribution in [2.45, 2.75) is 31.3 Å². The van der Waals surface area contributed by atoms with E-state index >= 15 is 0 Å². The third-order valence-electron chi connectivity index (χ3n) is 2.79. The predicted molar refractivity (Wildman–Crippen MR) is 67.0 cm³/mol. The summed E-state index contributed by atoms with van der Waals surface area (Å²) in [5.41, 5.74) is 0. The van der Waals surface area contributed by atoms with Crippen LogP contribution in [0.25, 0.3) is 0 Å². The first kappa shape index (κ1) is 16.9. The molecule has 114 valence electrons. The maximum absolute atomic E-state index is 13.4. The summed E-state index contributed by atoms with van der Waals surface area (Å²) in [6.45, 7) is 3.38. The molecule has 1 aromatic rings. The Labute approximate surface area is 115 Å². The molecule has 0 saturated heterocycles. The van der Waals surface area contributed by atoms with E-state index in [1.807, 2.05) is 4.72 Å². The maximum Gasteiger partial charge on any atom is 0.243 e. The number of aliphatic hydroxyl groups excluding tert-OH is 1. The zero-order valence-electron chi connectivity index (χ0n) is 11.0. The highest BCUT2D eigenvalue weighted by Crippen LogP contribution is 2.19. The Kier molecular flexibility index (Phi) is 5.55. The van der Waals surface area contributed by atoms with Crippen LogP contribution in [0.3, 0.4) is 0 Å². The van der Waals surface area contributed by atoms with Gasteiger partial charge in [-0.15, -0.1) is 0 Å². The lowest BCUT2D eigenvalue weighted by atomic mass is 10.1. The molecular weight excluding hydrogens is 295 g/mol. The molecule has 0 amide bonds. The lowest BCUT2D eigenvalue weighted by Gasteiger charge is -2.14. The molecule has 0 aliphatic rings. The molecule has 0 bridgehead atoms. The third kappa shape index (κ3) is 3.94. The summed E-state index contributed by atoms with van der Waals surface area (Å²) in [5, 5.41) is 9.51. The highest BCUT2D eigenvalue weighted by atomic mass is 32.2. The van der Waals surface area contributed by atoms with E-state index in [2.05, 4.69) is 0 Å². The van der Waals surface area contributed by atoms with Gasteiger partial charge in [0.1, 0.15) is 4.90 Å². The predicted octanol–water partition coefficient (Wildman–Crippen LogP) is 1.79. The Morgan fingerprint density at radius 2 is 1.80 bits per heavy atom. The number of nitrogens with one attached hydrogen (secondary N) is 1. The Morgan fingerprint density at radius 1 is 1.20 bits per heavy atom. The minimum Gasteiger partial charge on any atom is -0.393 e. The van der Waals surface area contributed by atoms with Gasteiger partial charge in [-0.25, -0.2) is 26.3 Å². The number of sulfonamides is 1. The van der Waals surface area contributed by atoms with Crippen molar-refractivity contribution in [2.75, 3.05) is 6.54 Å². The molecule has 1 unspecified atom stereocenters. The van der Waals surface area contributed by atoms with Gasteiger partial charge < -0.3 is 5.11 Å². The van der Waals surface area contributed by atoms with Crippen LogP contribution in [-0.4, -0.2) is 26.2 Å². The SMILES string of the molecule is CC(C)C(O)CCNS(=O)(=O)c1ccc(F)c(F)c1F. The Morgan fingerprint density at radius 3 is 2.35 bits per heavy atom. The van der Waals surface area contributed by atoms with E-state index in [-0.39, 0.29) is 18.9 Å². The lowest BCUT2D eigenvalue weighted by Crippen LogP contribution is -2.29. The second kappa shape index (κ2) is 6.55. The minimum atomic E-state index is -4.29. The Balaban J connectivity index is 2.83. The van der Waals surface area contributed by atoms with Crippen LogP contribution in [0.15, 0.2) is 17.0 Å². The highest BCUT2D eigenvalue weighted by Gasteiger charge is 2.24. The van der Waals surface area contributed by atoms with E-state index in [0.717, 1.165) is 0 Å². The van der Waals surface area contributed by atoms with Crippen molar-refractivity contribution < 1.29 is 26.7 Å². The summed E-state index contributed by atoms with van der Waals surface area (Å²) in [6, 6.07) is 1.19. The molecule has 0 saturated carbocycles. The van der Waals surface area contributed by atoms with Crippen molar-refractivity contribution in [1.29, 1.82) is 0 Å². The van der Waals surface area contributed by atoms with Gasteiger partial charge in [0.05, 0.1) is 6.10 Å². The molecule has 2 N–H and O–H groups in total. The molecule has 4 nitrogen and oxygen atoms in total. The van der Waals surface area contributed by atoms with Crippen molar-refractivity contribution in [3.63, 3.8) is 0 Å². The zero-order valence-corrected chi connectivity index (χ0v) is 11.8. The smallest absolute Gasteiger partial charge is 0.243 e. The molecule has 0 spiro atoms. The molecule has 0 radical (unpaired) electrons. The van der Waals surface area contributed by atoms with E-state index in [9.17, 15) is 26.7 Å². The first-order valence-corrected chi connectivity index (χ1v) is 7.46. The molecule has 0 fully saturated rings. The number of hydrogen-bond acceptors (Lipinski definition) is 3. The topological polar surface area (TPSA) is 66.4 Å². The summed E-state index contributed by atoms with van der Waals surface area (Å²) < 4.78 is 64.6. The van der Waals surface area contributed by atoms with Crippen molar-refractivity contribution in [2.24, 2.45) is 5.92 Å². The van der Waals surface area contributed by atoms with E-state index in [4.69, 9.17) is 0 Å². The molecular formula is C12H16F3NO3S. The van der Waals surface area contributed by atoms with Crippen LogP contribution in [0.1, 0.15) is 20.3 Å². The number of benzene rings is 1. The van der Waals surface area contributed by atoms with Gasteiger partial charge in [-0.05, 0) is 24.5 Å². The number of aliphatic hydroxyl groups is 1. The maximum atomic E-state index is 13.4. The summed E-state index contributed by atoms with van der Waals surface area (Å²) in [7, 11) is -4.29. The fraction of sp³-hybridized carbons (Fsp3) is 0.500. The minimum absolute atomic E-state index is 0.0560. The number of halogens is 3. The standard InChI is InChI=1S/C12H16F3NO3S/c1-7(2)9(17)5-6-16-20(18,19)10-4-3-8(13)11(14)12(10)15/h3-4,7,9,16-17H,5-6H2,1-2H3. The van der Waals surface area contributed by atoms with Crippen LogP contribution in [-0.2, 0) is 10.0 Å². The van der Waals surface area contributed by atoms with Gasteiger partial charge in [-0.1, -0.05) is 13.8 Å². The van der Waals surface area contributed by atoms with Crippen molar-refractivity contribution in [3.8, 4) is 0 Å². The van der Waals surface area contributed by atoms with Gasteiger partial charge in [0.2, 0.25) is 10.0 Å². The fourth-order valence-electron chi connectivity index (χ4n) is 1.47. The van der Waals surface area contributed by atoms with E-state index in [1.54, 1.807) is 13.8 Å². The highest BCUT2D eigenvalue weighted by molar-refractivity contribution is 7.89. The fourth-order valence-corrected chi connectivity index (χ4v) is 2.58. The summed E-state index contributed by atoms with van der Waals surface area (Å²) in [6.07, 6.45) is -0.588. The van der Waals surface area contributed by atoms with E-state index in [1.165, 1.54) is 0 Å². The van der Waals surface area contributed by atoms with Crippen molar-refractivity contribution >= 4 is 10.0 Å². The largest absolute Gasteiger partial charge is 0.393 e. The first-order valence-electron chi connectivity index (χ1n) is 5.98.